The first kappa shape index (κ1) is 24.3. The number of fused-ring (bicyclic) bond motifs is 12. The summed E-state index contributed by atoms with van der Waals surface area (Å²) in [5, 5.41) is 4.50. The predicted octanol–water partition coefficient (Wildman–Crippen LogP) is 10.6. The van der Waals surface area contributed by atoms with Crippen LogP contribution >= 0.6 is 0 Å². The molecule has 5 heteroatoms. The fourth-order valence-electron chi connectivity index (χ4n) is 6.95. The molecule has 0 aliphatic carbocycles. The Bertz CT molecular complexity index is 2610. The second-order valence-corrected chi connectivity index (χ2v) is 11.4. The molecule has 0 atom stereocenters. The zero-order valence-electron chi connectivity index (χ0n) is 24.1. The molecule has 0 radical (unpaired) electrons. The Kier molecular flexibility index (Phi) is 4.93. The van der Waals surface area contributed by atoms with Gasteiger partial charge in [-0.25, -0.2) is 9.97 Å². The zero-order valence-corrected chi connectivity index (χ0v) is 24.1. The Morgan fingerprint density at radius 2 is 1.29 bits per heavy atom. The van der Waals surface area contributed by atoms with Crippen LogP contribution in [0.25, 0.3) is 71.8 Å². The highest BCUT2D eigenvalue weighted by Crippen LogP contribution is 2.50. The van der Waals surface area contributed by atoms with Crippen molar-refractivity contribution >= 4 is 61.2 Å². The van der Waals surface area contributed by atoms with Crippen molar-refractivity contribution in [2.24, 2.45) is 0 Å². The number of benzene rings is 6. The van der Waals surface area contributed by atoms with Crippen molar-refractivity contribution < 1.29 is 4.42 Å². The third-order valence-corrected chi connectivity index (χ3v) is 8.93. The summed E-state index contributed by atoms with van der Waals surface area (Å²) in [6.45, 7) is 0. The van der Waals surface area contributed by atoms with E-state index in [2.05, 4.69) is 119 Å². The Morgan fingerprint density at radius 3 is 2.20 bits per heavy atom. The smallest absolute Gasteiger partial charge is 0.237 e. The van der Waals surface area contributed by atoms with Gasteiger partial charge < -0.3 is 4.42 Å². The molecule has 0 bridgehead atoms. The maximum atomic E-state index is 6.44. The molecule has 1 aliphatic rings. The van der Waals surface area contributed by atoms with Gasteiger partial charge in [0, 0.05) is 32.8 Å². The Hall–Kier alpha value is -6.20. The van der Waals surface area contributed by atoms with Gasteiger partial charge >= 0.3 is 0 Å². The highest BCUT2D eigenvalue weighted by Gasteiger charge is 2.31. The van der Waals surface area contributed by atoms with E-state index >= 15 is 0 Å². The van der Waals surface area contributed by atoms with Crippen molar-refractivity contribution in [2.45, 2.75) is 0 Å². The van der Waals surface area contributed by atoms with E-state index in [0.717, 1.165) is 67.0 Å². The van der Waals surface area contributed by atoms with Gasteiger partial charge in [0.25, 0.3) is 0 Å². The molecule has 9 aromatic rings. The van der Waals surface area contributed by atoms with Crippen LogP contribution in [-0.4, -0.2) is 14.5 Å². The summed E-state index contributed by atoms with van der Waals surface area (Å²) in [6.07, 6.45) is 0. The molecule has 0 spiro atoms. The van der Waals surface area contributed by atoms with E-state index < -0.39 is 0 Å². The van der Waals surface area contributed by atoms with Crippen LogP contribution in [0, 0.1) is 0 Å². The molecule has 10 rings (SSSR count). The normalized spacial score (nSPS) is 12.4. The van der Waals surface area contributed by atoms with Gasteiger partial charge in [-0.15, -0.1) is 0 Å². The number of hydrogen-bond acceptors (Lipinski definition) is 4. The van der Waals surface area contributed by atoms with Gasteiger partial charge in [-0.1, -0.05) is 115 Å². The first-order valence-corrected chi connectivity index (χ1v) is 15.1. The number of anilines is 3. The molecule has 0 unspecified atom stereocenters. The minimum absolute atomic E-state index is 0.585. The number of hydrogen-bond donors (Lipinski definition) is 0. The van der Waals surface area contributed by atoms with Gasteiger partial charge in [-0.2, -0.15) is 0 Å². The quantitative estimate of drug-likeness (QED) is 0.205. The van der Waals surface area contributed by atoms with Crippen molar-refractivity contribution in [3.8, 4) is 28.1 Å². The van der Waals surface area contributed by atoms with Crippen LogP contribution in [0.2, 0.25) is 0 Å². The lowest BCUT2D eigenvalue weighted by atomic mass is 9.97. The maximum absolute atomic E-state index is 6.44. The van der Waals surface area contributed by atoms with E-state index in [1.165, 1.54) is 10.8 Å². The predicted molar refractivity (Wildman–Crippen MR) is 183 cm³/mol. The molecule has 5 nitrogen and oxygen atoms in total. The number of para-hydroxylation sites is 3. The third-order valence-electron chi connectivity index (χ3n) is 8.93. The SMILES string of the molecule is c1ccc(-c2nc(N3c4ccccc4-c4ccc5ccccc5c4-n4c3cc3ccccc34)nc3c2oc2ccccc23)cc1. The summed E-state index contributed by atoms with van der Waals surface area (Å²) in [7, 11) is 0. The Balaban J connectivity index is 1.38. The standard InChI is InChI=1S/C40H24N4O/c1-2-13-26(14-3-1)36-39-37(31-18-8-11-21-34(31)45-39)42-40(41-36)44-33-20-10-7-17-29(33)30-23-22-25-12-4-6-16-28(25)38(30)43-32-19-9-5-15-27(32)24-35(43)44/h1-24H. The molecule has 0 N–H and O–H groups in total. The molecule has 0 saturated carbocycles. The van der Waals surface area contributed by atoms with Gasteiger partial charge in [-0.3, -0.25) is 9.47 Å². The molecule has 0 amide bonds. The Labute approximate surface area is 258 Å². The summed E-state index contributed by atoms with van der Waals surface area (Å²) in [5.74, 6) is 1.56. The maximum Gasteiger partial charge on any atom is 0.237 e. The van der Waals surface area contributed by atoms with Crippen molar-refractivity contribution in [3.05, 3.63) is 146 Å². The lowest BCUT2D eigenvalue weighted by Gasteiger charge is -2.24. The number of aromatic nitrogens is 3. The lowest BCUT2D eigenvalue weighted by Crippen LogP contribution is -2.16. The minimum atomic E-state index is 0.585. The number of rotatable bonds is 2. The second kappa shape index (κ2) is 9.15. The van der Waals surface area contributed by atoms with E-state index in [1.807, 2.05) is 36.4 Å². The van der Waals surface area contributed by atoms with Gasteiger partial charge in [-0.05, 0) is 35.7 Å². The van der Waals surface area contributed by atoms with E-state index in [4.69, 9.17) is 14.4 Å². The molecule has 1 aliphatic heterocycles. The van der Waals surface area contributed by atoms with Gasteiger partial charge in [0.2, 0.25) is 5.95 Å². The first-order valence-electron chi connectivity index (χ1n) is 15.1. The summed E-state index contributed by atoms with van der Waals surface area (Å²) in [5.41, 5.74) is 9.58. The van der Waals surface area contributed by atoms with Crippen LogP contribution in [0.15, 0.2) is 150 Å². The third kappa shape index (κ3) is 3.43. The van der Waals surface area contributed by atoms with Crippen LogP contribution in [0.3, 0.4) is 0 Å². The van der Waals surface area contributed by atoms with Crippen LogP contribution in [0.1, 0.15) is 0 Å². The fourth-order valence-corrected chi connectivity index (χ4v) is 6.95. The average molecular weight is 577 g/mol. The molecule has 6 aromatic carbocycles. The molecule has 210 valence electrons. The zero-order chi connectivity index (χ0) is 29.5. The molecule has 3 aromatic heterocycles. The molecule has 45 heavy (non-hydrogen) atoms. The molecular formula is C40H24N4O. The van der Waals surface area contributed by atoms with E-state index in [-0.39, 0.29) is 0 Å². The number of nitrogens with zero attached hydrogens (tertiary/aromatic N) is 4. The van der Waals surface area contributed by atoms with Gasteiger partial charge in [0.05, 0.1) is 16.9 Å². The van der Waals surface area contributed by atoms with E-state index in [0.29, 0.717) is 11.5 Å². The highest BCUT2D eigenvalue weighted by molar-refractivity contribution is 6.09. The fraction of sp³-hybridized carbons (Fsp3) is 0. The van der Waals surface area contributed by atoms with Crippen molar-refractivity contribution in [1.82, 2.24) is 14.5 Å². The molecular weight excluding hydrogens is 552 g/mol. The molecule has 0 fully saturated rings. The largest absolute Gasteiger partial charge is 0.452 e. The summed E-state index contributed by atoms with van der Waals surface area (Å²) in [4.78, 5) is 12.9. The van der Waals surface area contributed by atoms with Crippen LogP contribution in [-0.2, 0) is 0 Å². The second-order valence-electron chi connectivity index (χ2n) is 11.4. The summed E-state index contributed by atoms with van der Waals surface area (Å²) < 4.78 is 8.83. The van der Waals surface area contributed by atoms with E-state index in [1.54, 1.807) is 0 Å². The topological polar surface area (TPSA) is 47.1 Å². The minimum Gasteiger partial charge on any atom is -0.452 e. The monoisotopic (exact) mass is 576 g/mol. The summed E-state index contributed by atoms with van der Waals surface area (Å²) in [6, 6.07) is 50.8. The van der Waals surface area contributed by atoms with Crippen molar-refractivity contribution in [2.75, 3.05) is 4.90 Å². The number of furan rings is 1. The molecule has 0 saturated heterocycles. The van der Waals surface area contributed by atoms with Gasteiger partial charge in [0.1, 0.15) is 22.6 Å². The van der Waals surface area contributed by atoms with Crippen LogP contribution in [0.5, 0.6) is 0 Å². The van der Waals surface area contributed by atoms with Crippen LogP contribution in [0.4, 0.5) is 17.5 Å². The van der Waals surface area contributed by atoms with Gasteiger partial charge in [0.15, 0.2) is 5.58 Å². The highest BCUT2D eigenvalue weighted by atomic mass is 16.3. The van der Waals surface area contributed by atoms with Crippen molar-refractivity contribution in [3.63, 3.8) is 0 Å². The summed E-state index contributed by atoms with van der Waals surface area (Å²) >= 11 is 0. The first-order chi connectivity index (χ1) is 22.3. The molecule has 4 heterocycles. The van der Waals surface area contributed by atoms with Crippen LogP contribution < -0.4 is 4.90 Å². The average Bonchev–Trinajstić information content (AvgIpc) is 3.63. The lowest BCUT2D eigenvalue weighted by molar-refractivity contribution is 0.667. The van der Waals surface area contributed by atoms with E-state index in [9.17, 15) is 0 Å². The van der Waals surface area contributed by atoms with Crippen molar-refractivity contribution in [1.29, 1.82) is 0 Å². The Morgan fingerprint density at radius 1 is 0.556 bits per heavy atom.